The SMILES string of the molecule is COC1CCCC(NC(=O)Nc2ncc(C(C)C)s2)C1. The highest BCUT2D eigenvalue weighted by Crippen LogP contribution is 2.25. The largest absolute Gasteiger partial charge is 0.381 e. The summed E-state index contributed by atoms with van der Waals surface area (Å²) in [5.74, 6) is 0.437. The molecule has 1 saturated carbocycles. The van der Waals surface area contributed by atoms with Gasteiger partial charge in [-0.3, -0.25) is 5.32 Å². The van der Waals surface area contributed by atoms with Gasteiger partial charge in [-0.25, -0.2) is 9.78 Å². The minimum absolute atomic E-state index is 0.170. The smallest absolute Gasteiger partial charge is 0.321 e. The molecule has 2 N–H and O–H groups in total. The summed E-state index contributed by atoms with van der Waals surface area (Å²) in [5.41, 5.74) is 0. The van der Waals surface area contributed by atoms with Crippen LogP contribution in [0.2, 0.25) is 0 Å². The first-order chi connectivity index (χ1) is 9.58. The van der Waals surface area contributed by atoms with Crippen LogP contribution in [0.5, 0.6) is 0 Å². The van der Waals surface area contributed by atoms with Crippen LogP contribution in [0.25, 0.3) is 0 Å². The molecule has 6 heteroatoms. The van der Waals surface area contributed by atoms with E-state index in [1.165, 1.54) is 16.2 Å². The number of nitrogens with one attached hydrogen (secondary N) is 2. The lowest BCUT2D eigenvalue weighted by Gasteiger charge is -2.28. The predicted octanol–water partition coefficient (Wildman–Crippen LogP) is 3.35. The summed E-state index contributed by atoms with van der Waals surface area (Å²) >= 11 is 1.53. The van der Waals surface area contributed by atoms with Crippen LogP contribution >= 0.6 is 11.3 Å². The second-order valence-corrected chi connectivity index (χ2v) is 6.60. The van der Waals surface area contributed by atoms with E-state index in [2.05, 4.69) is 29.5 Å². The Hall–Kier alpha value is -1.14. The molecule has 1 heterocycles. The standard InChI is InChI=1S/C14H23N3O2S/c1-9(2)12-8-15-14(20-12)17-13(18)16-10-5-4-6-11(7-10)19-3/h8-11H,4-7H2,1-3H3,(H2,15,16,17,18). The third-order valence-electron chi connectivity index (χ3n) is 3.61. The van der Waals surface area contributed by atoms with Crippen LogP contribution in [0.15, 0.2) is 6.20 Å². The molecule has 2 rings (SSSR count). The number of thiazole rings is 1. The maximum atomic E-state index is 12.0. The molecule has 0 radical (unpaired) electrons. The zero-order chi connectivity index (χ0) is 14.5. The highest BCUT2D eigenvalue weighted by atomic mass is 32.1. The zero-order valence-electron chi connectivity index (χ0n) is 12.3. The summed E-state index contributed by atoms with van der Waals surface area (Å²) in [5, 5.41) is 6.48. The first kappa shape index (κ1) is 15.3. The molecule has 1 aromatic heterocycles. The molecule has 0 spiro atoms. The van der Waals surface area contributed by atoms with Gasteiger partial charge in [0.15, 0.2) is 5.13 Å². The van der Waals surface area contributed by atoms with Crippen LogP contribution in [0.3, 0.4) is 0 Å². The van der Waals surface area contributed by atoms with Crippen LogP contribution in [0.4, 0.5) is 9.93 Å². The van der Waals surface area contributed by atoms with Gasteiger partial charge < -0.3 is 10.1 Å². The van der Waals surface area contributed by atoms with Gasteiger partial charge in [-0.05, 0) is 31.6 Å². The number of hydrogen-bond donors (Lipinski definition) is 2. The number of nitrogens with zero attached hydrogens (tertiary/aromatic N) is 1. The van der Waals surface area contributed by atoms with Crippen molar-refractivity contribution in [3.05, 3.63) is 11.1 Å². The number of anilines is 1. The third kappa shape index (κ3) is 4.18. The molecule has 112 valence electrons. The van der Waals surface area contributed by atoms with E-state index in [1.54, 1.807) is 7.11 Å². The Morgan fingerprint density at radius 1 is 1.50 bits per heavy atom. The lowest BCUT2D eigenvalue weighted by molar-refractivity contribution is 0.0607. The summed E-state index contributed by atoms with van der Waals surface area (Å²) in [6.45, 7) is 4.23. The van der Waals surface area contributed by atoms with Gasteiger partial charge in [-0.2, -0.15) is 0 Å². The van der Waals surface area contributed by atoms with Crippen molar-refractivity contribution in [1.29, 1.82) is 0 Å². The second kappa shape index (κ2) is 7.04. The van der Waals surface area contributed by atoms with Crippen molar-refractivity contribution in [1.82, 2.24) is 10.3 Å². The summed E-state index contributed by atoms with van der Waals surface area (Å²) in [7, 11) is 1.73. The molecule has 0 bridgehead atoms. The molecule has 2 amide bonds. The Kier molecular flexibility index (Phi) is 5.37. The molecular weight excluding hydrogens is 274 g/mol. The van der Waals surface area contributed by atoms with E-state index in [4.69, 9.17) is 4.74 Å². The van der Waals surface area contributed by atoms with E-state index in [0.717, 1.165) is 25.7 Å². The minimum Gasteiger partial charge on any atom is -0.381 e. The van der Waals surface area contributed by atoms with Crippen LogP contribution in [0, 0.1) is 0 Å². The average molecular weight is 297 g/mol. The fraction of sp³-hybridized carbons (Fsp3) is 0.714. The monoisotopic (exact) mass is 297 g/mol. The van der Waals surface area contributed by atoms with Gasteiger partial charge in [0.2, 0.25) is 0 Å². The number of rotatable bonds is 4. The van der Waals surface area contributed by atoms with Crippen LogP contribution < -0.4 is 10.6 Å². The molecule has 20 heavy (non-hydrogen) atoms. The molecule has 1 fully saturated rings. The number of carbonyl (C=O) groups is 1. The molecule has 0 aliphatic heterocycles. The highest BCUT2D eigenvalue weighted by Gasteiger charge is 2.23. The van der Waals surface area contributed by atoms with E-state index >= 15 is 0 Å². The maximum Gasteiger partial charge on any atom is 0.321 e. The van der Waals surface area contributed by atoms with E-state index in [-0.39, 0.29) is 18.2 Å². The molecule has 0 aromatic carbocycles. The van der Waals surface area contributed by atoms with Gasteiger partial charge in [-0.15, -0.1) is 11.3 Å². The van der Waals surface area contributed by atoms with Crippen LogP contribution in [-0.2, 0) is 4.74 Å². The number of carbonyl (C=O) groups excluding carboxylic acids is 1. The number of methoxy groups -OCH3 is 1. The molecule has 1 aliphatic rings. The fourth-order valence-corrected chi connectivity index (χ4v) is 3.23. The number of ether oxygens (including phenoxy) is 1. The normalized spacial score (nSPS) is 22.8. The summed E-state index contributed by atoms with van der Waals surface area (Å²) in [4.78, 5) is 17.4. The first-order valence-electron chi connectivity index (χ1n) is 7.14. The van der Waals surface area contributed by atoms with E-state index in [0.29, 0.717) is 11.0 Å². The summed E-state index contributed by atoms with van der Waals surface area (Å²) in [6.07, 6.45) is 6.17. The van der Waals surface area contributed by atoms with Crippen molar-refractivity contribution in [3.63, 3.8) is 0 Å². The van der Waals surface area contributed by atoms with Gasteiger partial charge in [0.05, 0.1) is 6.10 Å². The van der Waals surface area contributed by atoms with Gasteiger partial charge >= 0.3 is 6.03 Å². The molecule has 2 unspecified atom stereocenters. The first-order valence-corrected chi connectivity index (χ1v) is 7.96. The Balaban J connectivity index is 1.82. The van der Waals surface area contributed by atoms with Crippen molar-refractivity contribution >= 4 is 22.5 Å². The van der Waals surface area contributed by atoms with Gasteiger partial charge in [0.1, 0.15) is 0 Å². The summed E-state index contributed by atoms with van der Waals surface area (Å²) in [6, 6.07) is 0.0228. The topological polar surface area (TPSA) is 63.2 Å². The zero-order valence-corrected chi connectivity index (χ0v) is 13.1. The van der Waals surface area contributed by atoms with E-state index in [9.17, 15) is 4.79 Å². The average Bonchev–Trinajstić information content (AvgIpc) is 2.87. The Labute approximate surface area is 124 Å². The van der Waals surface area contributed by atoms with Crippen molar-refractivity contribution < 1.29 is 9.53 Å². The van der Waals surface area contributed by atoms with Crippen molar-refractivity contribution in [2.75, 3.05) is 12.4 Å². The second-order valence-electron chi connectivity index (χ2n) is 5.54. The molecule has 2 atom stereocenters. The maximum absolute atomic E-state index is 12.0. The molecular formula is C14H23N3O2S. The fourth-order valence-electron chi connectivity index (χ4n) is 2.42. The lowest BCUT2D eigenvalue weighted by Crippen LogP contribution is -2.42. The van der Waals surface area contributed by atoms with Crippen LogP contribution in [0.1, 0.15) is 50.3 Å². The summed E-state index contributed by atoms with van der Waals surface area (Å²) < 4.78 is 5.37. The Morgan fingerprint density at radius 2 is 2.30 bits per heavy atom. The van der Waals surface area contributed by atoms with Crippen molar-refractivity contribution in [2.45, 2.75) is 57.6 Å². The molecule has 1 aromatic rings. The Morgan fingerprint density at radius 3 is 2.95 bits per heavy atom. The quantitative estimate of drug-likeness (QED) is 0.896. The van der Waals surface area contributed by atoms with Gasteiger partial charge in [-0.1, -0.05) is 13.8 Å². The Bertz CT molecular complexity index is 447. The molecule has 1 aliphatic carbocycles. The number of urea groups is 1. The van der Waals surface area contributed by atoms with Crippen molar-refractivity contribution in [3.8, 4) is 0 Å². The van der Waals surface area contributed by atoms with Crippen molar-refractivity contribution in [2.24, 2.45) is 0 Å². The van der Waals surface area contributed by atoms with Crippen LogP contribution in [-0.4, -0.2) is 30.3 Å². The third-order valence-corrected chi connectivity index (χ3v) is 4.82. The molecule has 5 nitrogen and oxygen atoms in total. The number of aromatic nitrogens is 1. The number of amides is 2. The highest BCUT2D eigenvalue weighted by molar-refractivity contribution is 7.15. The van der Waals surface area contributed by atoms with Gasteiger partial charge in [0.25, 0.3) is 0 Å². The lowest BCUT2D eigenvalue weighted by atomic mass is 9.93. The molecule has 0 saturated heterocycles. The van der Waals surface area contributed by atoms with E-state index < -0.39 is 0 Å². The minimum atomic E-state index is -0.170. The predicted molar refractivity (Wildman–Crippen MR) is 81.4 cm³/mol. The van der Waals surface area contributed by atoms with Gasteiger partial charge in [0, 0.05) is 24.2 Å². The number of hydrogen-bond acceptors (Lipinski definition) is 4. The van der Waals surface area contributed by atoms with E-state index in [1.807, 2.05) is 6.20 Å².